The lowest BCUT2D eigenvalue weighted by Gasteiger charge is -2.30. The maximum Gasteiger partial charge on any atom is 0.244 e. The Morgan fingerprint density at radius 1 is 1.04 bits per heavy atom. The van der Waals surface area contributed by atoms with Crippen LogP contribution in [0.15, 0.2) is 36.4 Å². The van der Waals surface area contributed by atoms with Gasteiger partial charge in [-0.1, -0.05) is 41.4 Å². The normalized spacial score (nSPS) is 13.7. The van der Waals surface area contributed by atoms with Crippen molar-refractivity contribution in [3.8, 4) is 0 Å². The van der Waals surface area contributed by atoms with Crippen LogP contribution < -0.4 is 9.62 Å². The highest BCUT2D eigenvalue weighted by molar-refractivity contribution is 7.92. The van der Waals surface area contributed by atoms with Gasteiger partial charge in [-0.3, -0.25) is 9.10 Å². The van der Waals surface area contributed by atoms with Crippen LogP contribution in [-0.2, 0) is 14.8 Å². The van der Waals surface area contributed by atoms with Crippen LogP contribution in [0.5, 0.6) is 0 Å². The molecule has 28 heavy (non-hydrogen) atoms. The van der Waals surface area contributed by atoms with Gasteiger partial charge in [0.25, 0.3) is 0 Å². The molecule has 0 unspecified atom stereocenters. The molecule has 2 aromatic rings. The van der Waals surface area contributed by atoms with E-state index >= 15 is 0 Å². The molecule has 0 aliphatic heterocycles. The molecule has 0 saturated heterocycles. The van der Waals surface area contributed by atoms with Gasteiger partial charge in [-0.25, -0.2) is 8.42 Å². The van der Waals surface area contributed by atoms with Gasteiger partial charge in [0.05, 0.1) is 18.0 Å². The third kappa shape index (κ3) is 5.06. The Hall–Kier alpha value is -2.05. The van der Waals surface area contributed by atoms with Crippen molar-refractivity contribution in [1.82, 2.24) is 5.32 Å². The largest absolute Gasteiger partial charge is 0.348 e. The predicted octanol–water partition coefficient (Wildman–Crippen LogP) is 4.30. The van der Waals surface area contributed by atoms with Gasteiger partial charge >= 0.3 is 0 Å². The quantitative estimate of drug-likeness (QED) is 0.754. The molecule has 7 heteroatoms. The fourth-order valence-electron chi connectivity index (χ4n) is 3.32. The number of benzene rings is 2. The molecule has 0 aliphatic rings. The van der Waals surface area contributed by atoms with Gasteiger partial charge in [-0.15, -0.1) is 0 Å². The Bertz CT molecular complexity index is 989. The van der Waals surface area contributed by atoms with Crippen LogP contribution in [0.3, 0.4) is 0 Å². The topological polar surface area (TPSA) is 66.5 Å². The van der Waals surface area contributed by atoms with Gasteiger partial charge in [0.1, 0.15) is 6.04 Å². The molecule has 0 radical (unpaired) electrons. The van der Waals surface area contributed by atoms with E-state index in [1.807, 2.05) is 32.9 Å². The number of amides is 1. The molecule has 0 aromatic heterocycles. The smallest absolute Gasteiger partial charge is 0.244 e. The Labute approximate surface area is 172 Å². The number of sulfonamides is 1. The van der Waals surface area contributed by atoms with E-state index in [0.29, 0.717) is 10.7 Å². The van der Waals surface area contributed by atoms with Crippen LogP contribution in [0.4, 0.5) is 5.69 Å². The molecule has 2 rings (SSSR count). The van der Waals surface area contributed by atoms with E-state index in [9.17, 15) is 13.2 Å². The molecule has 0 heterocycles. The Morgan fingerprint density at radius 2 is 1.68 bits per heavy atom. The second-order valence-corrected chi connectivity index (χ2v) is 9.55. The molecule has 1 N–H and O–H groups in total. The molecule has 5 nitrogen and oxygen atoms in total. The fraction of sp³-hybridized carbons (Fsp3) is 0.381. The van der Waals surface area contributed by atoms with Crippen LogP contribution in [0, 0.1) is 20.8 Å². The minimum Gasteiger partial charge on any atom is -0.348 e. The first-order valence-electron chi connectivity index (χ1n) is 9.05. The summed E-state index contributed by atoms with van der Waals surface area (Å²) < 4.78 is 26.1. The first kappa shape index (κ1) is 22.2. The van der Waals surface area contributed by atoms with Gasteiger partial charge < -0.3 is 5.32 Å². The maximum absolute atomic E-state index is 12.9. The SMILES string of the molecule is Cc1ccc([C@@H](C)NC(=O)[C@@H](C)N(c2cc(Cl)ccc2C)S(C)(=O)=O)c(C)c1. The number of hydrogen-bond donors (Lipinski definition) is 1. The molecule has 0 saturated carbocycles. The van der Waals surface area contributed by atoms with Crippen molar-refractivity contribution in [2.75, 3.05) is 10.6 Å². The van der Waals surface area contributed by atoms with E-state index < -0.39 is 16.1 Å². The Balaban J connectivity index is 2.33. The summed E-state index contributed by atoms with van der Waals surface area (Å²) in [6, 6.07) is 9.83. The van der Waals surface area contributed by atoms with E-state index in [1.165, 1.54) is 0 Å². The number of anilines is 1. The first-order chi connectivity index (χ1) is 12.9. The standard InChI is InChI=1S/C21H27ClN2O3S/c1-13-7-10-19(15(3)11-13)16(4)23-21(25)17(5)24(28(6,26)27)20-12-18(22)9-8-14(20)2/h7-12,16-17H,1-6H3,(H,23,25)/t16-,17-/m1/s1. The maximum atomic E-state index is 12.9. The minimum absolute atomic E-state index is 0.252. The monoisotopic (exact) mass is 422 g/mol. The number of carbonyl (C=O) groups excluding carboxylic acids is 1. The number of carbonyl (C=O) groups is 1. The van der Waals surface area contributed by atoms with Gasteiger partial charge in [0, 0.05) is 5.02 Å². The van der Waals surface area contributed by atoms with Crippen molar-refractivity contribution in [2.24, 2.45) is 0 Å². The lowest BCUT2D eigenvalue weighted by molar-refractivity contribution is -0.122. The summed E-state index contributed by atoms with van der Waals surface area (Å²) in [4.78, 5) is 12.9. The minimum atomic E-state index is -3.70. The Morgan fingerprint density at radius 3 is 2.25 bits per heavy atom. The zero-order valence-electron chi connectivity index (χ0n) is 17.1. The highest BCUT2D eigenvalue weighted by Crippen LogP contribution is 2.28. The average Bonchev–Trinajstić information content (AvgIpc) is 2.56. The number of halogens is 1. The summed E-state index contributed by atoms with van der Waals surface area (Å²) in [7, 11) is -3.70. The lowest BCUT2D eigenvalue weighted by atomic mass is 10.00. The summed E-state index contributed by atoms with van der Waals surface area (Å²) >= 11 is 6.07. The van der Waals surface area contributed by atoms with Crippen molar-refractivity contribution in [3.05, 3.63) is 63.7 Å². The van der Waals surface area contributed by atoms with Crippen LogP contribution >= 0.6 is 11.6 Å². The van der Waals surface area contributed by atoms with Crippen LogP contribution in [0.1, 0.15) is 42.1 Å². The van der Waals surface area contributed by atoms with Crippen LogP contribution in [0.25, 0.3) is 0 Å². The van der Waals surface area contributed by atoms with Gasteiger partial charge in [0.15, 0.2) is 0 Å². The first-order valence-corrected chi connectivity index (χ1v) is 11.3. The van der Waals surface area contributed by atoms with Crippen LogP contribution in [0.2, 0.25) is 5.02 Å². The van der Waals surface area contributed by atoms with E-state index in [-0.39, 0.29) is 11.9 Å². The summed E-state index contributed by atoms with van der Waals surface area (Å²) in [6.45, 7) is 9.25. The summed E-state index contributed by atoms with van der Waals surface area (Å²) in [5, 5.41) is 3.34. The van der Waals surface area contributed by atoms with Gasteiger partial charge in [-0.05, 0) is 63.4 Å². The number of aryl methyl sites for hydroxylation is 3. The van der Waals surface area contributed by atoms with E-state index in [2.05, 4.69) is 11.4 Å². The zero-order chi connectivity index (χ0) is 21.2. The molecule has 1 amide bonds. The van der Waals surface area contributed by atoms with Gasteiger partial charge in [-0.2, -0.15) is 0 Å². The second kappa shape index (κ2) is 8.53. The molecule has 0 bridgehead atoms. The van der Waals surface area contributed by atoms with E-state index in [0.717, 1.165) is 32.8 Å². The fourth-order valence-corrected chi connectivity index (χ4v) is 4.71. The highest BCUT2D eigenvalue weighted by Gasteiger charge is 2.31. The molecule has 0 aliphatic carbocycles. The third-order valence-corrected chi connectivity index (χ3v) is 6.21. The molecular weight excluding hydrogens is 396 g/mol. The summed E-state index contributed by atoms with van der Waals surface area (Å²) in [5.41, 5.74) is 4.34. The highest BCUT2D eigenvalue weighted by atomic mass is 35.5. The summed E-state index contributed by atoms with van der Waals surface area (Å²) in [6.07, 6.45) is 1.09. The number of nitrogens with zero attached hydrogens (tertiary/aromatic N) is 1. The second-order valence-electron chi connectivity index (χ2n) is 7.26. The number of hydrogen-bond acceptors (Lipinski definition) is 3. The molecule has 0 fully saturated rings. The van der Waals surface area contributed by atoms with Crippen molar-refractivity contribution in [3.63, 3.8) is 0 Å². The number of rotatable bonds is 6. The lowest BCUT2D eigenvalue weighted by Crippen LogP contribution is -2.48. The molecule has 2 atom stereocenters. The average molecular weight is 423 g/mol. The van der Waals surface area contributed by atoms with Gasteiger partial charge in [0.2, 0.25) is 15.9 Å². The van der Waals surface area contributed by atoms with Crippen LogP contribution in [-0.4, -0.2) is 26.6 Å². The third-order valence-electron chi connectivity index (χ3n) is 4.75. The molecular formula is C21H27ClN2O3S. The predicted molar refractivity (Wildman–Crippen MR) is 115 cm³/mol. The van der Waals surface area contributed by atoms with Crippen molar-refractivity contribution in [1.29, 1.82) is 0 Å². The van der Waals surface area contributed by atoms with E-state index in [4.69, 9.17) is 11.6 Å². The van der Waals surface area contributed by atoms with Crippen molar-refractivity contribution < 1.29 is 13.2 Å². The molecule has 2 aromatic carbocycles. The zero-order valence-corrected chi connectivity index (χ0v) is 18.6. The van der Waals surface area contributed by atoms with Crippen molar-refractivity contribution >= 4 is 33.2 Å². The summed E-state index contributed by atoms with van der Waals surface area (Å²) in [5.74, 6) is -0.378. The van der Waals surface area contributed by atoms with Crippen molar-refractivity contribution in [2.45, 2.75) is 46.7 Å². The Kier molecular flexibility index (Phi) is 6.78. The molecule has 152 valence electrons. The molecule has 0 spiro atoms. The number of nitrogens with one attached hydrogen (secondary N) is 1. The van der Waals surface area contributed by atoms with E-state index in [1.54, 1.807) is 32.0 Å².